The van der Waals surface area contributed by atoms with Crippen molar-refractivity contribution in [2.24, 2.45) is 5.73 Å². The van der Waals surface area contributed by atoms with E-state index in [0.717, 1.165) is 6.42 Å². The molecule has 0 fully saturated rings. The van der Waals surface area contributed by atoms with E-state index in [9.17, 15) is 15.2 Å². The minimum atomic E-state index is -0.508. The number of phenolic OH excluding ortho intramolecular Hbond substituents is 1. The quantitative estimate of drug-likeness (QED) is 0.658. The SMILES string of the molecule is CCC[C@@H](N)c1cc([N+](=O)[O-])cc(Br)c1O. The molecule has 0 heterocycles. The average Bonchev–Trinajstić information content (AvgIpc) is 2.21. The Morgan fingerprint density at radius 3 is 2.75 bits per heavy atom. The van der Waals surface area contributed by atoms with Crippen molar-refractivity contribution in [2.45, 2.75) is 25.8 Å². The first-order valence-electron chi connectivity index (χ1n) is 4.89. The Kier molecular flexibility index (Phi) is 4.26. The third-order valence-corrected chi connectivity index (χ3v) is 2.89. The Bertz CT molecular complexity index is 409. The fraction of sp³-hybridized carbons (Fsp3) is 0.400. The van der Waals surface area contributed by atoms with Crippen molar-refractivity contribution in [3.05, 3.63) is 32.3 Å². The molecule has 0 saturated carbocycles. The molecule has 0 aromatic heterocycles. The van der Waals surface area contributed by atoms with Crippen LogP contribution in [0.4, 0.5) is 5.69 Å². The van der Waals surface area contributed by atoms with Crippen LogP contribution in [0.5, 0.6) is 5.75 Å². The number of nitrogens with zero attached hydrogens (tertiary/aromatic N) is 1. The number of hydrogen-bond donors (Lipinski definition) is 2. The molecular weight excluding hydrogens is 276 g/mol. The number of benzene rings is 1. The molecule has 1 rings (SSSR count). The van der Waals surface area contributed by atoms with Crippen molar-refractivity contribution in [1.82, 2.24) is 0 Å². The van der Waals surface area contributed by atoms with Gasteiger partial charge in [0.05, 0.1) is 9.40 Å². The highest BCUT2D eigenvalue weighted by Gasteiger charge is 2.18. The highest BCUT2D eigenvalue weighted by atomic mass is 79.9. The van der Waals surface area contributed by atoms with Crippen LogP contribution in [0.2, 0.25) is 0 Å². The minimum absolute atomic E-state index is 0.0217. The molecule has 3 N–H and O–H groups in total. The van der Waals surface area contributed by atoms with E-state index in [4.69, 9.17) is 5.73 Å². The van der Waals surface area contributed by atoms with E-state index in [-0.39, 0.29) is 17.5 Å². The van der Waals surface area contributed by atoms with Crippen LogP contribution in [0.3, 0.4) is 0 Å². The lowest BCUT2D eigenvalue weighted by Gasteiger charge is -2.13. The van der Waals surface area contributed by atoms with E-state index >= 15 is 0 Å². The number of nitrogens with two attached hydrogens (primary N) is 1. The van der Waals surface area contributed by atoms with Crippen molar-refractivity contribution < 1.29 is 10.0 Å². The first kappa shape index (κ1) is 12.9. The van der Waals surface area contributed by atoms with Gasteiger partial charge in [-0.15, -0.1) is 0 Å². The molecule has 0 saturated heterocycles. The van der Waals surface area contributed by atoms with Crippen LogP contribution in [-0.4, -0.2) is 10.0 Å². The second-order valence-corrected chi connectivity index (χ2v) is 4.37. The summed E-state index contributed by atoms with van der Waals surface area (Å²) in [7, 11) is 0. The molecule has 5 nitrogen and oxygen atoms in total. The van der Waals surface area contributed by atoms with Gasteiger partial charge in [0.25, 0.3) is 5.69 Å². The van der Waals surface area contributed by atoms with Gasteiger partial charge >= 0.3 is 0 Å². The van der Waals surface area contributed by atoms with Crippen LogP contribution in [0, 0.1) is 10.1 Å². The molecule has 0 spiro atoms. The van der Waals surface area contributed by atoms with Crippen LogP contribution in [-0.2, 0) is 0 Å². The van der Waals surface area contributed by atoms with Gasteiger partial charge < -0.3 is 10.8 Å². The molecule has 0 amide bonds. The van der Waals surface area contributed by atoms with Gasteiger partial charge in [0.2, 0.25) is 0 Å². The number of non-ortho nitro benzene ring substituents is 1. The zero-order valence-electron chi connectivity index (χ0n) is 8.81. The molecule has 0 aliphatic heterocycles. The molecule has 0 aliphatic carbocycles. The zero-order valence-corrected chi connectivity index (χ0v) is 10.4. The zero-order chi connectivity index (χ0) is 12.3. The maximum atomic E-state index is 10.7. The highest BCUT2D eigenvalue weighted by Crippen LogP contribution is 2.36. The van der Waals surface area contributed by atoms with Gasteiger partial charge in [-0.25, -0.2) is 0 Å². The molecule has 0 radical (unpaired) electrons. The highest BCUT2D eigenvalue weighted by molar-refractivity contribution is 9.10. The summed E-state index contributed by atoms with van der Waals surface area (Å²) in [5.74, 6) is -0.0217. The molecule has 0 unspecified atom stereocenters. The van der Waals surface area contributed by atoms with E-state index in [1.165, 1.54) is 12.1 Å². The normalized spacial score (nSPS) is 12.4. The van der Waals surface area contributed by atoms with Crippen molar-refractivity contribution in [3.8, 4) is 5.75 Å². The predicted molar refractivity (Wildman–Crippen MR) is 64.3 cm³/mol. The number of hydrogen-bond acceptors (Lipinski definition) is 4. The summed E-state index contributed by atoms with van der Waals surface area (Å²) in [5.41, 5.74) is 6.17. The van der Waals surface area contributed by atoms with E-state index in [0.29, 0.717) is 16.5 Å². The fourth-order valence-electron chi connectivity index (χ4n) is 1.46. The van der Waals surface area contributed by atoms with E-state index in [1.807, 2.05) is 6.92 Å². The molecular formula is C10H13BrN2O3. The van der Waals surface area contributed by atoms with Gasteiger partial charge in [-0.05, 0) is 22.4 Å². The smallest absolute Gasteiger partial charge is 0.271 e. The van der Waals surface area contributed by atoms with Crippen molar-refractivity contribution in [1.29, 1.82) is 0 Å². The van der Waals surface area contributed by atoms with E-state index in [1.54, 1.807) is 0 Å². The first-order valence-corrected chi connectivity index (χ1v) is 5.69. The average molecular weight is 289 g/mol. The number of nitro groups is 1. The summed E-state index contributed by atoms with van der Waals surface area (Å²) in [6, 6.07) is 2.19. The summed E-state index contributed by atoms with van der Waals surface area (Å²) in [6.45, 7) is 1.96. The largest absolute Gasteiger partial charge is 0.506 e. The topological polar surface area (TPSA) is 89.4 Å². The second kappa shape index (κ2) is 5.27. The van der Waals surface area contributed by atoms with Crippen molar-refractivity contribution >= 4 is 21.6 Å². The number of phenols is 1. The number of rotatable bonds is 4. The van der Waals surface area contributed by atoms with Crippen molar-refractivity contribution in [3.63, 3.8) is 0 Å². The molecule has 1 aromatic rings. The Hall–Kier alpha value is -1.14. The first-order chi connectivity index (χ1) is 7.47. The Morgan fingerprint density at radius 2 is 2.25 bits per heavy atom. The fourth-order valence-corrected chi connectivity index (χ4v) is 1.92. The van der Waals surface area contributed by atoms with E-state index < -0.39 is 4.92 Å². The lowest BCUT2D eigenvalue weighted by molar-refractivity contribution is -0.385. The second-order valence-electron chi connectivity index (χ2n) is 3.52. The molecule has 1 aromatic carbocycles. The lowest BCUT2D eigenvalue weighted by Crippen LogP contribution is -2.10. The van der Waals surface area contributed by atoms with Crippen LogP contribution in [0.15, 0.2) is 16.6 Å². The van der Waals surface area contributed by atoms with E-state index in [2.05, 4.69) is 15.9 Å². The van der Waals surface area contributed by atoms with Crippen LogP contribution in [0.1, 0.15) is 31.4 Å². The standard InChI is InChI=1S/C10H13BrN2O3/c1-2-3-9(12)7-4-6(13(15)16)5-8(11)10(7)14/h4-5,9,14H,2-3,12H2,1H3/t9-/m1/s1. The summed E-state index contributed by atoms with van der Waals surface area (Å²) in [5, 5.41) is 20.4. The van der Waals surface area contributed by atoms with Crippen molar-refractivity contribution in [2.75, 3.05) is 0 Å². The van der Waals surface area contributed by atoms with Crippen LogP contribution >= 0.6 is 15.9 Å². The van der Waals surface area contributed by atoms with Gasteiger partial charge in [0.15, 0.2) is 0 Å². The van der Waals surface area contributed by atoms with Gasteiger partial charge in [0, 0.05) is 23.7 Å². The summed E-state index contributed by atoms with van der Waals surface area (Å²) >= 11 is 3.07. The lowest BCUT2D eigenvalue weighted by atomic mass is 10.0. The van der Waals surface area contributed by atoms with Crippen LogP contribution < -0.4 is 5.73 Å². The summed E-state index contributed by atoms with van der Waals surface area (Å²) < 4.78 is 0.295. The van der Waals surface area contributed by atoms with Crippen LogP contribution in [0.25, 0.3) is 0 Å². The molecule has 1 atom stereocenters. The van der Waals surface area contributed by atoms with Gasteiger partial charge in [-0.2, -0.15) is 0 Å². The molecule has 0 aliphatic rings. The maximum Gasteiger partial charge on any atom is 0.271 e. The molecule has 6 heteroatoms. The van der Waals surface area contributed by atoms with Gasteiger partial charge in [0.1, 0.15) is 5.75 Å². The molecule has 16 heavy (non-hydrogen) atoms. The number of halogens is 1. The number of nitro benzene ring substituents is 1. The molecule has 0 bridgehead atoms. The summed E-state index contributed by atoms with van der Waals surface area (Å²) in [4.78, 5) is 10.2. The third-order valence-electron chi connectivity index (χ3n) is 2.29. The minimum Gasteiger partial charge on any atom is -0.506 e. The number of aromatic hydroxyl groups is 1. The van der Waals surface area contributed by atoms with Gasteiger partial charge in [-0.1, -0.05) is 13.3 Å². The predicted octanol–water partition coefficient (Wildman–Crippen LogP) is 2.86. The Balaban J connectivity index is 3.21. The Morgan fingerprint density at radius 1 is 1.62 bits per heavy atom. The summed E-state index contributed by atoms with van der Waals surface area (Å²) in [6.07, 6.45) is 1.52. The Labute approximate surface area is 102 Å². The monoisotopic (exact) mass is 288 g/mol. The third kappa shape index (κ3) is 2.70. The maximum absolute atomic E-state index is 10.7. The van der Waals surface area contributed by atoms with Gasteiger partial charge in [-0.3, -0.25) is 10.1 Å². The molecule has 88 valence electrons.